The summed E-state index contributed by atoms with van der Waals surface area (Å²) in [5.74, 6) is 4.19. The van der Waals surface area contributed by atoms with Crippen molar-refractivity contribution in [2.24, 2.45) is 46.3 Å². The number of rotatable bonds is 7. The molecule has 0 aromatic carbocycles. The van der Waals surface area contributed by atoms with E-state index in [0.717, 1.165) is 55.8 Å². The lowest BCUT2D eigenvalue weighted by atomic mass is 9.48. The molecule has 3 saturated carbocycles. The third-order valence-electron chi connectivity index (χ3n) is 10.8. The lowest BCUT2D eigenvalue weighted by molar-refractivity contribution is -0.0653. The fraction of sp³-hybridized carbons (Fsp3) is 0.931. The van der Waals surface area contributed by atoms with Crippen LogP contribution >= 0.6 is 0 Å². The fourth-order valence-corrected chi connectivity index (χ4v) is 8.49. The van der Waals surface area contributed by atoms with E-state index in [-0.39, 0.29) is 11.5 Å². The zero-order valence-corrected chi connectivity index (χ0v) is 21.7. The molecule has 2 nitrogen and oxygen atoms in total. The van der Waals surface area contributed by atoms with Gasteiger partial charge in [-0.05, 0) is 111 Å². The molecule has 3 aliphatic carbocycles. The second-order valence-electron chi connectivity index (χ2n) is 13.1. The Hall–Kier alpha value is -0.340. The first kappa shape index (κ1) is 25.3. The normalized spacial score (nSPS) is 45.5. The summed E-state index contributed by atoms with van der Waals surface area (Å²) < 4.78 is 0. The molecule has 2 heteroatoms. The summed E-state index contributed by atoms with van der Waals surface area (Å²) in [6.45, 7) is 20.8. The Morgan fingerprint density at radius 1 is 0.968 bits per heavy atom. The highest BCUT2D eigenvalue weighted by Crippen LogP contribution is 2.66. The van der Waals surface area contributed by atoms with Crippen LogP contribution in [0.2, 0.25) is 0 Å². The number of hydrogen-bond acceptors (Lipinski definition) is 2. The first-order chi connectivity index (χ1) is 14.4. The Bertz CT molecular complexity index is 637. The van der Waals surface area contributed by atoms with Gasteiger partial charge in [0.25, 0.3) is 0 Å². The summed E-state index contributed by atoms with van der Waals surface area (Å²) >= 11 is 0. The van der Waals surface area contributed by atoms with Gasteiger partial charge in [-0.15, -0.1) is 0 Å². The Morgan fingerprint density at radius 3 is 2.23 bits per heavy atom. The van der Waals surface area contributed by atoms with Crippen molar-refractivity contribution in [1.82, 2.24) is 0 Å². The van der Waals surface area contributed by atoms with Gasteiger partial charge in [0.05, 0.1) is 11.7 Å². The van der Waals surface area contributed by atoms with E-state index in [1.165, 1.54) is 37.7 Å². The van der Waals surface area contributed by atoms with E-state index in [4.69, 9.17) is 0 Å². The van der Waals surface area contributed by atoms with E-state index in [0.29, 0.717) is 17.3 Å². The molecule has 2 N–H and O–H groups in total. The van der Waals surface area contributed by atoms with Crippen LogP contribution in [0.1, 0.15) is 113 Å². The van der Waals surface area contributed by atoms with Gasteiger partial charge in [-0.1, -0.05) is 60.1 Å². The molecule has 3 rings (SSSR count). The van der Waals surface area contributed by atoms with Gasteiger partial charge in [-0.2, -0.15) is 0 Å². The Balaban J connectivity index is 1.74. The van der Waals surface area contributed by atoms with Gasteiger partial charge in [-0.3, -0.25) is 0 Å². The largest absolute Gasteiger partial charge is 0.393 e. The highest BCUT2D eigenvalue weighted by molar-refractivity contribution is 5.20. The van der Waals surface area contributed by atoms with Crippen molar-refractivity contribution >= 4 is 0 Å². The maximum Gasteiger partial charge on any atom is 0.0657 e. The molecule has 0 radical (unpaired) electrons. The van der Waals surface area contributed by atoms with Crippen molar-refractivity contribution in [2.45, 2.75) is 124 Å². The number of fused-ring (bicyclic) bond motifs is 1. The van der Waals surface area contributed by atoms with Crippen molar-refractivity contribution in [3.8, 4) is 0 Å². The van der Waals surface area contributed by atoms with E-state index in [9.17, 15) is 10.2 Å². The predicted octanol–water partition coefficient (Wildman–Crippen LogP) is 7.39. The molecule has 9 atom stereocenters. The Kier molecular flexibility index (Phi) is 7.45. The van der Waals surface area contributed by atoms with Gasteiger partial charge in [0.2, 0.25) is 0 Å². The van der Waals surface area contributed by atoms with Gasteiger partial charge < -0.3 is 10.2 Å². The van der Waals surface area contributed by atoms with Crippen LogP contribution in [-0.2, 0) is 0 Å². The van der Waals surface area contributed by atoms with Crippen LogP contribution in [0, 0.1) is 46.3 Å². The highest BCUT2D eigenvalue weighted by atomic mass is 16.3. The van der Waals surface area contributed by atoms with Crippen molar-refractivity contribution in [3.05, 3.63) is 12.2 Å². The van der Waals surface area contributed by atoms with Crippen LogP contribution in [0.4, 0.5) is 0 Å². The summed E-state index contributed by atoms with van der Waals surface area (Å²) in [7, 11) is 0. The minimum atomic E-state index is -0.560. The molecule has 0 bridgehead atoms. The van der Waals surface area contributed by atoms with Crippen LogP contribution in [-0.4, -0.2) is 21.9 Å². The van der Waals surface area contributed by atoms with Crippen molar-refractivity contribution in [2.75, 3.05) is 0 Å². The number of hydrogen-bond donors (Lipinski definition) is 2. The van der Waals surface area contributed by atoms with E-state index < -0.39 is 5.60 Å². The topological polar surface area (TPSA) is 40.5 Å². The summed E-state index contributed by atoms with van der Waals surface area (Å²) in [6, 6.07) is 0. The third-order valence-corrected chi connectivity index (χ3v) is 10.8. The average Bonchev–Trinajstić information content (AvgIpc) is 3.05. The maximum atomic E-state index is 10.6. The molecule has 31 heavy (non-hydrogen) atoms. The average molecular weight is 433 g/mol. The minimum absolute atomic E-state index is 0.152. The van der Waals surface area contributed by atoms with Crippen LogP contribution in [0.25, 0.3) is 0 Å². The van der Waals surface area contributed by atoms with Gasteiger partial charge in [-0.25, -0.2) is 0 Å². The second kappa shape index (κ2) is 9.13. The van der Waals surface area contributed by atoms with Crippen LogP contribution in [0.3, 0.4) is 0 Å². The Morgan fingerprint density at radius 2 is 1.65 bits per heavy atom. The van der Waals surface area contributed by atoms with E-state index in [1.54, 1.807) is 0 Å². The molecule has 0 heterocycles. The van der Waals surface area contributed by atoms with E-state index in [2.05, 4.69) is 48.1 Å². The molecule has 0 saturated heterocycles. The molecule has 180 valence electrons. The van der Waals surface area contributed by atoms with Crippen LogP contribution < -0.4 is 0 Å². The quantitative estimate of drug-likeness (QED) is 0.412. The molecule has 0 amide bonds. The van der Waals surface area contributed by atoms with Crippen molar-refractivity contribution in [3.63, 3.8) is 0 Å². The number of aliphatic hydroxyl groups excluding tert-OH is 1. The molecular formula is C29H52O2. The fourth-order valence-electron chi connectivity index (χ4n) is 8.49. The zero-order valence-electron chi connectivity index (χ0n) is 21.7. The summed E-state index contributed by atoms with van der Waals surface area (Å²) in [5, 5.41) is 21.0. The predicted molar refractivity (Wildman–Crippen MR) is 132 cm³/mol. The third kappa shape index (κ3) is 4.68. The smallest absolute Gasteiger partial charge is 0.0657 e. The SMILES string of the molecule is C=C1C[C@@](C)(O)CC[C@]1(C)[C@H]1CC[C@]2(C)[C@@H]([C@H](C)CC[C@@H](O)C(C)C)CC[C@H]2[C@@H]1CC. The molecule has 0 spiro atoms. The Labute approximate surface area is 193 Å². The molecule has 0 aromatic heterocycles. The first-order valence-corrected chi connectivity index (χ1v) is 13.4. The molecule has 0 unspecified atom stereocenters. The second-order valence-corrected chi connectivity index (χ2v) is 13.1. The lowest BCUT2D eigenvalue weighted by Gasteiger charge is -2.57. The van der Waals surface area contributed by atoms with Gasteiger partial charge in [0.15, 0.2) is 0 Å². The summed E-state index contributed by atoms with van der Waals surface area (Å²) in [4.78, 5) is 0. The van der Waals surface area contributed by atoms with E-state index >= 15 is 0 Å². The van der Waals surface area contributed by atoms with Crippen molar-refractivity contribution < 1.29 is 10.2 Å². The molecule has 0 aliphatic heterocycles. The van der Waals surface area contributed by atoms with Gasteiger partial charge >= 0.3 is 0 Å². The van der Waals surface area contributed by atoms with Crippen LogP contribution in [0.5, 0.6) is 0 Å². The van der Waals surface area contributed by atoms with E-state index in [1.807, 2.05) is 6.92 Å². The highest BCUT2D eigenvalue weighted by Gasteiger charge is 2.58. The maximum absolute atomic E-state index is 10.6. The minimum Gasteiger partial charge on any atom is -0.393 e. The molecule has 0 aromatic rings. The molecule has 3 fully saturated rings. The lowest BCUT2D eigenvalue weighted by Crippen LogP contribution is -2.50. The standard InChI is InChI=1S/C29H52O2/c1-9-22-24-12-11-23(20(4)10-13-26(30)19(2)3)29(24,8)15-14-25(22)28(7)17-16-27(6,31)18-21(28)5/h19-20,22-26,30-31H,5,9-18H2,1-4,6-8H3/t20-,22+,23-,24+,25+,26-,27+,28+,29-/m1/s1. The monoisotopic (exact) mass is 432 g/mol. The first-order valence-electron chi connectivity index (χ1n) is 13.4. The van der Waals surface area contributed by atoms with Crippen LogP contribution in [0.15, 0.2) is 12.2 Å². The summed E-state index contributed by atoms with van der Waals surface area (Å²) in [5.41, 5.74) is 1.39. The van der Waals surface area contributed by atoms with Gasteiger partial charge in [0.1, 0.15) is 0 Å². The molecule has 3 aliphatic rings. The number of aliphatic hydroxyl groups is 2. The van der Waals surface area contributed by atoms with Crippen molar-refractivity contribution in [1.29, 1.82) is 0 Å². The summed E-state index contributed by atoms with van der Waals surface area (Å²) in [6.07, 6.45) is 11.4. The zero-order chi connectivity index (χ0) is 23.2. The molecular weight excluding hydrogens is 380 g/mol. The van der Waals surface area contributed by atoms with Gasteiger partial charge in [0, 0.05) is 0 Å².